The second kappa shape index (κ2) is 10.8. The van der Waals surface area contributed by atoms with Crippen LogP contribution in [0, 0.1) is 0 Å². The van der Waals surface area contributed by atoms with Gasteiger partial charge in [-0.25, -0.2) is 0 Å². The summed E-state index contributed by atoms with van der Waals surface area (Å²) in [5.41, 5.74) is 5.37. The number of carbonyl (C=O) groups is 1. The number of hydrogen-bond donors (Lipinski definition) is 1. The molecule has 0 aromatic heterocycles. The molecule has 0 saturated heterocycles. The fourth-order valence-electron chi connectivity index (χ4n) is 1.62. The number of benzene rings is 1. The summed E-state index contributed by atoms with van der Waals surface area (Å²) >= 11 is 5.86. The van der Waals surface area contributed by atoms with Crippen LogP contribution in [0.1, 0.15) is 19.3 Å². The summed E-state index contributed by atoms with van der Waals surface area (Å²) < 4.78 is 5.56. The first-order valence-electron chi connectivity index (χ1n) is 6.46. The van der Waals surface area contributed by atoms with Crippen molar-refractivity contribution in [3.8, 4) is 5.75 Å². The van der Waals surface area contributed by atoms with Crippen molar-refractivity contribution in [1.29, 1.82) is 0 Å². The largest absolute Gasteiger partial charge is 0.493 e. The summed E-state index contributed by atoms with van der Waals surface area (Å²) in [4.78, 5) is 13.3. The molecule has 0 heterocycles. The summed E-state index contributed by atoms with van der Waals surface area (Å²) in [7, 11) is 1.80. The van der Waals surface area contributed by atoms with Crippen molar-refractivity contribution in [3.05, 3.63) is 29.3 Å². The lowest BCUT2D eigenvalue weighted by atomic mass is 10.2. The summed E-state index contributed by atoms with van der Waals surface area (Å²) in [6, 6.07) is 7.29. The number of nitrogens with two attached hydrogens (primary N) is 1. The molecule has 20 heavy (non-hydrogen) atoms. The Morgan fingerprint density at radius 2 is 2.15 bits per heavy atom. The molecule has 0 bridgehead atoms. The Labute approximate surface area is 131 Å². The van der Waals surface area contributed by atoms with E-state index < -0.39 is 0 Å². The highest BCUT2D eigenvalue weighted by Gasteiger charge is 2.07. The average Bonchev–Trinajstić information content (AvgIpc) is 2.40. The molecule has 0 saturated carbocycles. The molecular formula is C14H22Cl2N2O2. The lowest BCUT2D eigenvalue weighted by Crippen LogP contribution is -2.28. The van der Waals surface area contributed by atoms with Crippen molar-refractivity contribution in [1.82, 2.24) is 4.90 Å². The molecule has 0 fully saturated rings. The highest BCUT2D eigenvalue weighted by molar-refractivity contribution is 6.30. The first-order valence-corrected chi connectivity index (χ1v) is 6.83. The van der Waals surface area contributed by atoms with Gasteiger partial charge in [-0.1, -0.05) is 17.7 Å². The molecule has 0 radical (unpaired) electrons. The monoisotopic (exact) mass is 320 g/mol. The zero-order chi connectivity index (χ0) is 14.1. The number of hydrogen-bond acceptors (Lipinski definition) is 3. The van der Waals surface area contributed by atoms with Gasteiger partial charge >= 0.3 is 0 Å². The number of halogens is 2. The summed E-state index contributed by atoms with van der Waals surface area (Å²) in [6.07, 6.45) is 2.04. The van der Waals surface area contributed by atoms with Crippen LogP contribution >= 0.6 is 24.0 Å². The minimum absolute atomic E-state index is 0. The van der Waals surface area contributed by atoms with E-state index in [1.807, 2.05) is 12.1 Å². The van der Waals surface area contributed by atoms with Gasteiger partial charge in [-0.15, -0.1) is 12.4 Å². The van der Waals surface area contributed by atoms with Gasteiger partial charge in [-0.2, -0.15) is 0 Å². The second-order valence-electron chi connectivity index (χ2n) is 4.37. The minimum atomic E-state index is 0. The molecule has 0 aliphatic carbocycles. The third kappa shape index (κ3) is 7.58. The zero-order valence-corrected chi connectivity index (χ0v) is 13.3. The van der Waals surface area contributed by atoms with E-state index in [2.05, 4.69) is 0 Å². The molecule has 1 amide bonds. The smallest absolute Gasteiger partial charge is 0.222 e. The van der Waals surface area contributed by atoms with E-state index in [0.717, 1.165) is 18.6 Å². The van der Waals surface area contributed by atoms with Crippen molar-refractivity contribution in [2.24, 2.45) is 5.73 Å². The van der Waals surface area contributed by atoms with Gasteiger partial charge in [0.15, 0.2) is 0 Å². The van der Waals surface area contributed by atoms with Crippen LogP contribution in [0.5, 0.6) is 5.75 Å². The predicted octanol–water partition coefficient (Wildman–Crippen LogP) is 2.73. The SMILES string of the molecule is CN(CCCOc1cccc(Cl)c1)C(=O)CCCN.Cl. The fourth-order valence-corrected chi connectivity index (χ4v) is 1.80. The van der Waals surface area contributed by atoms with Gasteiger partial charge in [0.05, 0.1) is 6.61 Å². The highest BCUT2D eigenvalue weighted by Crippen LogP contribution is 2.17. The van der Waals surface area contributed by atoms with Crippen molar-refractivity contribution in [2.45, 2.75) is 19.3 Å². The quantitative estimate of drug-likeness (QED) is 0.749. The van der Waals surface area contributed by atoms with Crippen LogP contribution in [0.15, 0.2) is 24.3 Å². The van der Waals surface area contributed by atoms with Crippen LogP contribution in [0.2, 0.25) is 5.02 Å². The van der Waals surface area contributed by atoms with Gasteiger partial charge in [0.1, 0.15) is 5.75 Å². The molecule has 0 spiro atoms. The molecular weight excluding hydrogens is 299 g/mol. The van der Waals surface area contributed by atoms with Crippen LogP contribution in [-0.4, -0.2) is 37.6 Å². The van der Waals surface area contributed by atoms with Crippen LogP contribution in [0.3, 0.4) is 0 Å². The molecule has 114 valence electrons. The van der Waals surface area contributed by atoms with Crippen LogP contribution in [-0.2, 0) is 4.79 Å². The summed E-state index contributed by atoms with van der Waals surface area (Å²) in [5.74, 6) is 0.887. The van der Waals surface area contributed by atoms with E-state index in [1.165, 1.54) is 0 Å². The van der Waals surface area contributed by atoms with E-state index in [4.69, 9.17) is 22.1 Å². The molecule has 2 N–H and O–H groups in total. The van der Waals surface area contributed by atoms with Crippen LogP contribution in [0.4, 0.5) is 0 Å². The molecule has 1 aromatic rings. The number of rotatable bonds is 8. The van der Waals surface area contributed by atoms with Gasteiger partial charge < -0.3 is 15.4 Å². The van der Waals surface area contributed by atoms with E-state index in [1.54, 1.807) is 24.1 Å². The topological polar surface area (TPSA) is 55.6 Å². The summed E-state index contributed by atoms with van der Waals surface area (Å²) in [5, 5.41) is 0.659. The fraction of sp³-hybridized carbons (Fsp3) is 0.500. The zero-order valence-electron chi connectivity index (χ0n) is 11.7. The Balaban J connectivity index is 0.00000361. The van der Waals surface area contributed by atoms with Gasteiger partial charge in [0.25, 0.3) is 0 Å². The maximum absolute atomic E-state index is 11.6. The normalized spacial score (nSPS) is 9.75. The number of carbonyl (C=O) groups excluding carboxylic acids is 1. The Bertz CT molecular complexity index is 403. The van der Waals surface area contributed by atoms with Gasteiger partial charge in [-0.3, -0.25) is 4.79 Å². The van der Waals surface area contributed by atoms with E-state index in [0.29, 0.717) is 31.1 Å². The van der Waals surface area contributed by atoms with Gasteiger partial charge in [-0.05, 0) is 37.6 Å². The third-order valence-corrected chi connectivity index (χ3v) is 2.96. The third-order valence-electron chi connectivity index (χ3n) is 2.72. The lowest BCUT2D eigenvalue weighted by molar-refractivity contribution is -0.130. The highest BCUT2D eigenvalue weighted by atomic mass is 35.5. The van der Waals surface area contributed by atoms with Crippen LogP contribution in [0.25, 0.3) is 0 Å². The van der Waals surface area contributed by atoms with Crippen molar-refractivity contribution >= 4 is 29.9 Å². The maximum Gasteiger partial charge on any atom is 0.222 e. The number of nitrogens with zero attached hydrogens (tertiary/aromatic N) is 1. The Hall–Kier alpha value is -0.970. The molecule has 6 heteroatoms. The van der Waals surface area contributed by atoms with E-state index in [9.17, 15) is 4.79 Å². The van der Waals surface area contributed by atoms with Gasteiger partial charge in [0.2, 0.25) is 5.91 Å². The van der Waals surface area contributed by atoms with Crippen molar-refractivity contribution in [2.75, 3.05) is 26.7 Å². The first-order chi connectivity index (χ1) is 9.13. The molecule has 4 nitrogen and oxygen atoms in total. The van der Waals surface area contributed by atoms with E-state index >= 15 is 0 Å². The Morgan fingerprint density at radius 3 is 2.80 bits per heavy atom. The molecule has 0 aliphatic rings. The first kappa shape index (κ1) is 19.0. The number of amides is 1. The second-order valence-corrected chi connectivity index (χ2v) is 4.80. The summed E-state index contributed by atoms with van der Waals surface area (Å²) in [6.45, 7) is 1.80. The molecule has 1 rings (SSSR count). The van der Waals surface area contributed by atoms with Gasteiger partial charge in [0, 0.05) is 25.0 Å². The molecule has 0 unspecified atom stereocenters. The van der Waals surface area contributed by atoms with Crippen molar-refractivity contribution in [3.63, 3.8) is 0 Å². The lowest BCUT2D eigenvalue weighted by Gasteiger charge is -2.17. The Kier molecular flexibility index (Phi) is 10.3. The number of ether oxygens (including phenoxy) is 1. The molecule has 0 atom stereocenters. The van der Waals surface area contributed by atoms with Crippen LogP contribution < -0.4 is 10.5 Å². The predicted molar refractivity (Wildman–Crippen MR) is 84.7 cm³/mol. The standard InChI is InChI=1S/C14H21ClN2O2.ClH/c1-17(14(18)7-3-8-16)9-4-10-19-13-6-2-5-12(15)11-13;/h2,5-6,11H,3-4,7-10,16H2,1H3;1H. The van der Waals surface area contributed by atoms with E-state index in [-0.39, 0.29) is 18.3 Å². The minimum Gasteiger partial charge on any atom is -0.493 e. The molecule has 0 aliphatic heterocycles. The maximum atomic E-state index is 11.6. The molecule has 1 aromatic carbocycles. The van der Waals surface area contributed by atoms with Crippen molar-refractivity contribution < 1.29 is 9.53 Å². The Morgan fingerprint density at radius 1 is 1.40 bits per heavy atom. The average molecular weight is 321 g/mol.